The van der Waals surface area contributed by atoms with Gasteiger partial charge in [-0.15, -0.1) is 0 Å². The molecule has 0 unspecified atom stereocenters. The molecule has 2 aromatic rings. The van der Waals surface area contributed by atoms with Crippen molar-refractivity contribution < 1.29 is 33.8 Å². The molecule has 0 spiro atoms. The normalized spacial score (nSPS) is 25.3. The van der Waals surface area contributed by atoms with Gasteiger partial charge in [-0.25, -0.2) is 0 Å². The molecule has 2 amide bonds. The quantitative estimate of drug-likeness (QED) is 0.290. The molecule has 9 heteroatoms. The molecule has 1 heterocycles. The minimum Gasteiger partial charge on any atom is -0.502 e. The molecule has 1 fully saturated rings. The number of carbonyl (C=O) groups excluding carboxylic acids is 4. The lowest BCUT2D eigenvalue weighted by atomic mass is 9.60. The van der Waals surface area contributed by atoms with Crippen molar-refractivity contribution in [2.75, 3.05) is 19.1 Å². The second-order valence-corrected chi connectivity index (χ2v) is 11.3. The van der Waals surface area contributed by atoms with Gasteiger partial charge in [-0.1, -0.05) is 35.4 Å². The number of Topliss-reactive ketones (excluding diaryl/α,β-unsaturated/α-hetero) is 1. The molecule has 3 aliphatic carbocycles. The van der Waals surface area contributed by atoms with Crippen molar-refractivity contribution in [3.63, 3.8) is 0 Å². The first-order valence-corrected chi connectivity index (χ1v) is 14.0. The first-order valence-electron chi connectivity index (χ1n) is 13.6. The number of anilines is 1. The Morgan fingerprint density at radius 3 is 2.29 bits per heavy atom. The zero-order valence-corrected chi connectivity index (χ0v) is 24.0. The van der Waals surface area contributed by atoms with Gasteiger partial charge in [0.2, 0.25) is 17.6 Å². The lowest BCUT2D eigenvalue weighted by Gasteiger charge is -2.41. The maximum atomic E-state index is 13.9. The van der Waals surface area contributed by atoms with E-state index >= 15 is 0 Å². The molecule has 0 aromatic heterocycles. The molecular weight excluding hydrogens is 558 g/mol. The molecule has 42 heavy (non-hydrogen) atoms. The Morgan fingerprint density at radius 1 is 0.976 bits per heavy atom. The summed E-state index contributed by atoms with van der Waals surface area (Å²) >= 11 is 6.04. The third kappa shape index (κ3) is 4.29. The number of aromatic hydroxyl groups is 1. The van der Waals surface area contributed by atoms with Gasteiger partial charge in [0, 0.05) is 27.7 Å². The van der Waals surface area contributed by atoms with Gasteiger partial charge in [-0.05, 0) is 73.7 Å². The van der Waals surface area contributed by atoms with Crippen LogP contribution in [0.5, 0.6) is 17.2 Å². The summed E-state index contributed by atoms with van der Waals surface area (Å²) in [6, 6.07) is 9.84. The molecular formula is C33H28ClNO7. The van der Waals surface area contributed by atoms with Gasteiger partial charge in [0.25, 0.3) is 0 Å². The summed E-state index contributed by atoms with van der Waals surface area (Å²) in [7, 11) is 2.87. The van der Waals surface area contributed by atoms with Gasteiger partial charge in [-0.2, -0.15) is 0 Å². The van der Waals surface area contributed by atoms with Gasteiger partial charge in [0.15, 0.2) is 23.1 Å². The van der Waals surface area contributed by atoms with Crippen LogP contribution in [0.3, 0.4) is 0 Å². The fraction of sp³-hybridized carbons (Fsp3) is 0.273. The topological polar surface area (TPSA) is 110 Å². The number of rotatable bonds is 5. The lowest BCUT2D eigenvalue weighted by molar-refractivity contribution is -0.123. The summed E-state index contributed by atoms with van der Waals surface area (Å²) < 4.78 is 10.6. The zero-order valence-electron chi connectivity index (χ0n) is 23.2. The predicted octanol–water partition coefficient (Wildman–Crippen LogP) is 5.24. The minimum absolute atomic E-state index is 0.135. The van der Waals surface area contributed by atoms with Crippen LogP contribution in [-0.4, -0.2) is 42.7 Å². The number of allylic oxidation sites excluding steroid dienone is 7. The van der Waals surface area contributed by atoms with E-state index in [2.05, 4.69) is 0 Å². The number of phenolic OH excluding ortho intramolecular Hbond substituents is 1. The van der Waals surface area contributed by atoms with Crippen molar-refractivity contribution in [1.29, 1.82) is 0 Å². The number of fused-ring (bicyclic) bond motifs is 3. The Balaban J connectivity index is 1.43. The van der Waals surface area contributed by atoms with Gasteiger partial charge in [0.1, 0.15) is 0 Å². The molecule has 1 saturated heterocycles. The summed E-state index contributed by atoms with van der Waals surface area (Å²) in [6.07, 6.45) is 7.49. The number of ether oxygens (including phenoxy) is 2. The highest BCUT2D eigenvalue weighted by molar-refractivity contribution is 6.31. The molecule has 0 saturated carbocycles. The van der Waals surface area contributed by atoms with Crippen LogP contribution in [0.1, 0.15) is 25.3 Å². The van der Waals surface area contributed by atoms with Crippen molar-refractivity contribution >= 4 is 46.7 Å². The van der Waals surface area contributed by atoms with Crippen LogP contribution in [0.4, 0.5) is 5.69 Å². The maximum Gasteiger partial charge on any atom is 0.238 e. The lowest BCUT2D eigenvalue weighted by Crippen LogP contribution is -2.40. The minimum atomic E-state index is -0.666. The Labute approximate surface area is 247 Å². The van der Waals surface area contributed by atoms with E-state index in [0.717, 1.165) is 5.57 Å². The summed E-state index contributed by atoms with van der Waals surface area (Å²) in [5, 5.41) is 10.8. The number of imide groups is 1. The number of hydrogen-bond donors (Lipinski definition) is 1. The van der Waals surface area contributed by atoms with E-state index in [9.17, 15) is 24.3 Å². The molecule has 4 aliphatic rings. The Morgan fingerprint density at radius 2 is 1.64 bits per heavy atom. The first kappa shape index (κ1) is 27.7. The molecule has 0 radical (unpaired) electrons. The van der Waals surface area contributed by atoms with Crippen molar-refractivity contribution in [3.8, 4) is 17.2 Å². The fourth-order valence-electron chi connectivity index (χ4n) is 6.72. The third-order valence-corrected chi connectivity index (χ3v) is 8.93. The maximum absolute atomic E-state index is 13.9. The van der Waals surface area contributed by atoms with E-state index in [-0.39, 0.29) is 47.1 Å². The number of methoxy groups -OCH3 is 2. The van der Waals surface area contributed by atoms with Crippen LogP contribution >= 0.6 is 11.6 Å². The van der Waals surface area contributed by atoms with E-state index in [1.54, 1.807) is 49.4 Å². The van der Waals surface area contributed by atoms with Gasteiger partial charge < -0.3 is 14.6 Å². The number of carbonyl (C=O) groups is 4. The van der Waals surface area contributed by atoms with Crippen molar-refractivity contribution in [2.24, 2.45) is 23.7 Å². The molecule has 1 aliphatic heterocycles. The highest BCUT2D eigenvalue weighted by atomic mass is 35.5. The van der Waals surface area contributed by atoms with E-state index < -0.39 is 23.7 Å². The molecule has 4 atom stereocenters. The smallest absolute Gasteiger partial charge is 0.238 e. The number of halogens is 1. The first-order chi connectivity index (χ1) is 20.1. The number of nitrogens with zero attached hydrogens (tertiary/aromatic N) is 1. The highest BCUT2D eigenvalue weighted by Crippen LogP contribution is 2.53. The van der Waals surface area contributed by atoms with Crippen LogP contribution in [0.2, 0.25) is 5.02 Å². The van der Waals surface area contributed by atoms with E-state index in [1.807, 2.05) is 12.2 Å². The monoisotopic (exact) mass is 585 g/mol. The van der Waals surface area contributed by atoms with Crippen LogP contribution in [0.15, 0.2) is 76.9 Å². The van der Waals surface area contributed by atoms with Crippen LogP contribution in [-0.2, 0) is 19.2 Å². The highest BCUT2D eigenvalue weighted by Gasteiger charge is 2.56. The molecule has 8 nitrogen and oxygen atoms in total. The summed E-state index contributed by atoms with van der Waals surface area (Å²) in [5.41, 5.74) is 3.08. The Hall–Kier alpha value is -4.43. The van der Waals surface area contributed by atoms with Gasteiger partial charge in [0.05, 0.1) is 31.7 Å². The number of phenols is 1. The van der Waals surface area contributed by atoms with Crippen LogP contribution < -0.4 is 14.4 Å². The van der Waals surface area contributed by atoms with E-state index in [0.29, 0.717) is 39.4 Å². The molecule has 1 N–H and O–H groups in total. The largest absolute Gasteiger partial charge is 0.502 e. The average molecular weight is 586 g/mol. The number of benzene rings is 2. The second-order valence-electron chi connectivity index (χ2n) is 10.9. The molecule has 0 bridgehead atoms. The third-order valence-electron chi connectivity index (χ3n) is 8.68. The van der Waals surface area contributed by atoms with E-state index in [1.165, 1.54) is 25.2 Å². The predicted molar refractivity (Wildman–Crippen MR) is 156 cm³/mol. The number of amides is 2. The average Bonchev–Trinajstić information content (AvgIpc) is 3.24. The van der Waals surface area contributed by atoms with Crippen LogP contribution in [0.25, 0.3) is 6.08 Å². The van der Waals surface area contributed by atoms with E-state index in [4.69, 9.17) is 21.1 Å². The van der Waals surface area contributed by atoms with Gasteiger partial charge in [-0.3, -0.25) is 24.1 Å². The van der Waals surface area contributed by atoms with Crippen molar-refractivity contribution in [2.45, 2.75) is 19.8 Å². The molecule has 2 aromatic carbocycles. The Kier molecular flexibility index (Phi) is 6.89. The standard InChI is InChI=1S/C33H28ClNO7/c1-16-12-25(36)28-21(9-4-17-13-26(41-2)31(38)27(14-17)42-3)20-10-11-22-29(23(20)15-24(28)30(16)37)33(40)35(32(22)39)19-7-5-18(34)6-8-19/h4-10,12-14,21-23,29,38H,11,15H2,1-3H3/t21-,22-,23+,29-/m0/s1. The zero-order chi connectivity index (χ0) is 29.9. The number of ketones is 2. The second kappa shape index (κ2) is 10.4. The summed E-state index contributed by atoms with van der Waals surface area (Å²) in [4.78, 5) is 55.5. The molecule has 6 rings (SSSR count). The number of hydrogen-bond acceptors (Lipinski definition) is 7. The SMILES string of the molecule is COc1cc(C=C[C@H]2C3=CC[C@@H]4C(=O)N(c5ccc(Cl)cc5)C(=O)[C@@H]4[C@@H]3CC3=C2C(=O)C=C(C)C3=O)cc(OC)c1O. The van der Waals surface area contributed by atoms with Gasteiger partial charge >= 0.3 is 0 Å². The fourth-order valence-corrected chi connectivity index (χ4v) is 6.85. The van der Waals surface area contributed by atoms with Crippen LogP contribution in [0, 0.1) is 23.7 Å². The summed E-state index contributed by atoms with van der Waals surface area (Å²) in [6.45, 7) is 1.62. The van der Waals surface area contributed by atoms with Crippen molar-refractivity contribution in [1.82, 2.24) is 0 Å². The van der Waals surface area contributed by atoms with Crippen molar-refractivity contribution in [3.05, 3.63) is 87.5 Å². The summed E-state index contributed by atoms with van der Waals surface area (Å²) in [5.74, 6) is -3.00. The molecule has 214 valence electrons. The Bertz CT molecular complexity index is 1660.